The van der Waals surface area contributed by atoms with Crippen molar-refractivity contribution in [2.75, 3.05) is 39.1 Å². The van der Waals surface area contributed by atoms with Crippen molar-refractivity contribution < 1.29 is 9.53 Å². The maximum Gasteiger partial charge on any atom is 0.257 e. The first kappa shape index (κ1) is 20.3. The molecule has 0 spiro atoms. The Morgan fingerprint density at radius 1 is 1.20 bits per heavy atom. The first-order valence-corrected chi connectivity index (χ1v) is 10.2. The number of hydrogen-bond donors (Lipinski definition) is 1. The predicted molar refractivity (Wildman–Crippen MR) is 116 cm³/mol. The van der Waals surface area contributed by atoms with Gasteiger partial charge in [-0.2, -0.15) is 0 Å². The molecule has 1 aromatic carbocycles. The number of carbonyl (C=O) groups excluding carboxylic acids is 1. The molecule has 0 bridgehead atoms. The lowest BCUT2D eigenvalue weighted by Crippen LogP contribution is -2.50. The number of fused-ring (bicyclic) bond motifs is 1. The Balaban J connectivity index is 1.64. The molecule has 0 radical (unpaired) electrons. The zero-order valence-corrected chi connectivity index (χ0v) is 17.9. The van der Waals surface area contributed by atoms with Gasteiger partial charge in [-0.05, 0) is 45.2 Å². The van der Waals surface area contributed by atoms with Crippen LogP contribution in [0.1, 0.15) is 36.1 Å². The van der Waals surface area contributed by atoms with E-state index in [0.29, 0.717) is 23.0 Å². The molecular formula is C22H28N6O2. The number of hydrogen-bond acceptors (Lipinski definition) is 6. The quantitative estimate of drug-likeness (QED) is 0.700. The number of amides is 1. The Labute approximate surface area is 176 Å². The largest absolute Gasteiger partial charge is 0.497 e. The molecule has 8 nitrogen and oxygen atoms in total. The molecule has 1 fully saturated rings. The Hall–Kier alpha value is -2.97. The van der Waals surface area contributed by atoms with Gasteiger partial charge in [0.15, 0.2) is 11.5 Å². The SMILES string of the molecule is COc1cccc(NC(=O)c2ccc3nnc(C4CN(C)CCN4C(C)C)n3c2)c1. The minimum absolute atomic E-state index is 0.121. The van der Waals surface area contributed by atoms with Crippen molar-refractivity contribution in [3.8, 4) is 5.75 Å². The molecular weight excluding hydrogens is 380 g/mol. The van der Waals surface area contributed by atoms with Crippen molar-refractivity contribution in [1.29, 1.82) is 0 Å². The summed E-state index contributed by atoms with van der Waals surface area (Å²) >= 11 is 0. The number of anilines is 1. The summed E-state index contributed by atoms with van der Waals surface area (Å²) in [6.07, 6.45) is 1.83. The lowest BCUT2D eigenvalue weighted by atomic mass is 10.1. The fraction of sp³-hybridized carbons (Fsp3) is 0.409. The molecule has 1 N–H and O–H groups in total. The van der Waals surface area contributed by atoms with Crippen molar-refractivity contribution in [1.82, 2.24) is 24.4 Å². The molecule has 30 heavy (non-hydrogen) atoms. The van der Waals surface area contributed by atoms with Gasteiger partial charge in [0.1, 0.15) is 5.75 Å². The van der Waals surface area contributed by atoms with Crippen LogP contribution in [0.3, 0.4) is 0 Å². The van der Waals surface area contributed by atoms with Crippen LogP contribution in [0.2, 0.25) is 0 Å². The molecule has 3 heterocycles. The topological polar surface area (TPSA) is 75.0 Å². The third kappa shape index (κ3) is 4.01. The van der Waals surface area contributed by atoms with Crippen LogP contribution in [0, 0.1) is 0 Å². The highest BCUT2D eigenvalue weighted by molar-refractivity contribution is 6.04. The number of likely N-dealkylation sites (N-methyl/N-ethyl adjacent to an activating group) is 1. The van der Waals surface area contributed by atoms with E-state index in [9.17, 15) is 4.79 Å². The lowest BCUT2D eigenvalue weighted by Gasteiger charge is -2.41. The maximum atomic E-state index is 12.9. The van der Waals surface area contributed by atoms with Gasteiger partial charge >= 0.3 is 0 Å². The smallest absolute Gasteiger partial charge is 0.257 e. The summed E-state index contributed by atoms with van der Waals surface area (Å²) in [6, 6.07) is 11.4. The van der Waals surface area contributed by atoms with Gasteiger partial charge in [-0.25, -0.2) is 0 Å². The number of pyridine rings is 1. The first-order chi connectivity index (χ1) is 14.5. The number of aromatic nitrogens is 3. The minimum Gasteiger partial charge on any atom is -0.497 e. The molecule has 1 unspecified atom stereocenters. The molecule has 1 aliphatic rings. The molecule has 1 saturated heterocycles. The summed E-state index contributed by atoms with van der Waals surface area (Å²) in [5, 5.41) is 11.8. The van der Waals surface area contributed by atoms with Crippen molar-refractivity contribution in [2.45, 2.75) is 25.9 Å². The van der Waals surface area contributed by atoms with E-state index >= 15 is 0 Å². The molecule has 0 aliphatic carbocycles. The number of nitrogens with one attached hydrogen (secondary N) is 1. The molecule has 158 valence electrons. The van der Waals surface area contributed by atoms with Crippen LogP contribution < -0.4 is 10.1 Å². The molecule has 1 atom stereocenters. The summed E-state index contributed by atoms with van der Waals surface area (Å²) < 4.78 is 7.17. The highest BCUT2D eigenvalue weighted by atomic mass is 16.5. The van der Waals surface area contributed by atoms with Gasteiger partial charge in [-0.1, -0.05) is 6.07 Å². The van der Waals surface area contributed by atoms with Crippen LogP contribution in [0.5, 0.6) is 5.75 Å². The van der Waals surface area contributed by atoms with Crippen LogP contribution in [0.4, 0.5) is 5.69 Å². The average Bonchev–Trinajstić information content (AvgIpc) is 3.16. The second-order valence-electron chi connectivity index (χ2n) is 8.00. The first-order valence-electron chi connectivity index (χ1n) is 10.2. The van der Waals surface area contributed by atoms with Gasteiger partial charge in [-0.3, -0.25) is 14.1 Å². The fourth-order valence-corrected chi connectivity index (χ4v) is 3.96. The molecule has 2 aromatic heterocycles. The zero-order chi connectivity index (χ0) is 21.3. The number of carbonyl (C=O) groups is 1. The van der Waals surface area contributed by atoms with E-state index in [2.05, 4.69) is 46.2 Å². The number of ether oxygens (including phenoxy) is 1. The second-order valence-corrected chi connectivity index (χ2v) is 8.00. The van der Waals surface area contributed by atoms with E-state index in [1.54, 1.807) is 19.2 Å². The zero-order valence-electron chi connectivity index (χ0n) is 17.9. The van der Waals surface area contributed by atoms with E-state index in [1.807, 2.05) is 34.9 Å². The number of rotatable bonds is 5. The van der Waals surface area contributed by atoms with Crippen molar-refractivity contribution in [2.24, 2.45) is 0 Å². The average molecular weight is 409 g/mol. The number of methoxy groups -OCH3 is 1. The van der Waals surface area contributed by atoms with Gasteiger partial charge < -0.3 is 15.0 Å². The Morgan fingerprint density at radius 2 is 2.03 bits per heavy atom. The van der Waals surface area contributed by atoms with Gasteiger partial charge in [0.05, 0.1) is 18.7 Å². The Morgan fingerprint density at radius 3 is 2.80 bits per heavy atom. The molecule has 1 aliphatic heterocycles. The van der Waals surface area contributed by atoms with Gasteiger partial charge in [0.2, 0.25) is 0 Å². The molecule has 1 amide bonds. The van der Waals surface area contributed by atoms with Crippen molar-refractivity contribution in [3.63, 3.8) is 0 Å². The van der Waals surface area contributed by atoms with Crippen LogP contribution in [-0.2, 0) is 0 Å². The molecule has 0 saturated carbocycles. The number of piperazine rings is 1. The van der Waals surface area contributed by atoms with Crippen molar-refractivity contribution >= 4 is 17.2 Å². The van der Waals surface area contributed by atoms with Gasteiger partial charge in [0.25, 0.3) is 5.91 Å². The van der Waals surface area contributed by atoms with Gasteiger partial charge in [0, 0.05) is 43.6 Å². The normalized spacial score (nSPS) is 18.1. The second kappa shape index (κ2) is 8.41. The van der Waals surface area contributed by atoms with E-state index < -0.39 is 0 Å². The van der Waals surface area contributed by atoms with Crippen molar-refractivity contribution in [3.05, 3.63) is 54.0 Å². The summed E-state index contributed by atoms with van der Waals surface area (Å²) in [6.45, 7) is 7.28. The Kier molecular flexibility index (Phi) is 5.69. The lowest BCUT2D eigenvalue weighted by molar-refractivity contribution is 0.0586. The summed E-state index contributed by atoms with van der Waals surface area (Å²) in [5.74, 6) is 1.37. The maximum absolute atomic E-state index is 12.9. The third-order valence-electron chi connectivity index (χ3n) is 5.60. The summed E-state index contributed by atoms with van der Waals surface area (Å²) in [7, 11) is 3.73. The number of benzene rings is 1. The summed E-state index contributed by atoms with van der Waals surface area (Å²) in [5.41, 5.74) is 1.97. The summed E-state index contributed by atoms with van der Waals surface area (Å²) in [4.78, 5) is 17.6. The number of nitrogens with zero attached hydrogens (tertiary/aromatic N) is 5. The standard InChI is InChI=1S/C22H28N6O2/c1-15(2)27-11-10-26(3)14-19(27)21-25-24-20-9-8-16(13-28(20)21)22(29)23-17-6-5-7-18(12-17)30-4/h5-9,12-13,15,19H,10-11,14H2,1-4H3,(H,23,29). The van der Waals surface area contributed by atoms with Crippen LogP contribution in [-0.4, -0.2) is 70.1 Å². The fourth-order valence-electron chi connectivity index (χ4n) is 3.96. The molecule has 4 rings (SSSR count). The molecule has 8 heteroatoms. The van der Waals surface area contributed by atoms with E-state index in [4.69, 9.17) is 4.74 Å². The third-order valence-corrected chi connectivity index (χ3v) is 5.60. The monoisotopic (exact) mass is 408 g/mol. The van der Waals surface area contributed by atoms with Crippen LogP contribution in [0.15, 0.2) is 42.6 Å². The van der Waals surface area contributed by atoms with E-state index in [0.717, 1.165) is 31.1 Å². The van der Waals surface area contributed by atoms with Gasteiger partial charge in [-0.15, -0.1) is 10.2 Å². The predicted octanol–water partition coefficient (Wildman–Crippen LogP) is 2.69. The minimum atomic E-state index is -0.189. The highest BCUT2D eigenvalue weighted by Gasteiger charge is 2.31. The molecule has 3 aromatic rings. The van der Waals surface area contributed by atoms with Crippen LogP contribution in [0.25, 0.3) is 5.65 Å². The van der Waals surface area contributed by atoms with Crippen LogP contribution >= 0.6 is 0 Å². The highest BCUT2D eigenvalue weighted by Crippen LogP contribution is 2.26. The van der Waals surface area contributed by atoms with E-state index in [1.165, 1.54) is 0 Å². The Bertz CT molecular complexity index is 1050. The van der Waals surface area contributed by atoms with E-state index in [-0.39, 0.29) is 11.9 Å².